The number of H-pyrrole nitrogens is 1. The smallest absolute Gasteiger partial charge is 0.271 e. The zero-order chi connectivity index (χ0) is 8.43. The molecule has 1 rings (SSSR count). The van der Waals surface area contributed by atoms with E-state index in [0.29, 0.717) is 5.69 Å². The van der Waals surface area contributed by atoms with Gasteiger partial charge in [-0.25, -0.2) is 4.98 Å². The maximum Gasteiger partial charge on any atom is 0.271 e. The van der Waals surface area contributed by atoms with Crippen molar-refractivity contribution in [2.45, 2.75) is 20.4 Å². The lowest BCUT2D eigenvalue weighted by molar-refractivity contribution is 0.889. The number of nitrogens with two attached hydrogens (primary N) is 1. The minimum absolute atomic E-state index is 0.185. The van der Waals surface area contributed by atoms with Crippen molar-refractivity contribution in [3.63, 3.8) is 0 Å². The van der Waals surface area contributed by atoms with Gasteiger partial charge in [0.1, 0.15) is 5.69 Å². The molecule has 4 heteroatoms. The van der Waals surface area contributed by atoms with Crippen molar-refractivity contribution < 1.29 is 0 Å². The van der Waals surface area contributed by atoms with Gasteiger partial charge in [-0.15, -0.1) is 0 Å². The van der Waals surface area contributed by atoms with Gasteiger partial charge in [0.15, 0.2) is 0 Å². The Morgan fingerprint density at radius 2 is 2.18 bits per heavy atom. The second kappa shape index (κ2) is 2.84. The van der Waals surface area contributed by atoms with E-state index in [4.69, 9.17) is 5.73 Å². The van der Waals surface area contributed by atoms with Crippen molar-refractivity contribution >= 4 is 0 Å². The first-order valence-corrected chi connectivity index (χ1v) is 3.41. The Kier molecular flexibility index (Phi) is 2.05. The molecule has 4 nitrogen and oxygen atoms in total. The summed E-state index contributed by atoms with van der Waals surface area (Å²) in [6.07, 6.45) is 0. The molecule has 0 fully saturated rings. The van der Waals surface area contributed by atoms with Gasteiger partial charge in [0.05, 0.1) is 5.69 Å². The van der Waals surface area contributed by atoms with Crippen LogP contribution in [0.2, 0.25) is 0 Å². The molecule has 0 bridgehead atoms. The summed E-state index contributed by atoms with van der Waals surface area (Å²) in [7, 11) is 0. The molecule has 0 radical (unpaired) electrons. The van der Waals surface area contributed by atoms with Gasteiger partial charge in [-0.3, -0.25) is 4.79 Å². The van der Waals surface area contributed by atoms with Crippen LogP contribution in [-0.4, -0.2) is 9.97 Å². The summed E-state index contributed by atoms with van der Waals surface area (Å²) in [5.41, 5.74) is 7.12. The van der Waals surface area contributed by atoms with Crippen LogP contribution in [0.5, 0.6) is 0 Å². The van der Waals surface area contributed by atoms with Gasteiger partial charge in [-0.2, -0.15) is 0 Å². The quantitative estimate of drug-likeness (QED) is 0.589. The second-order valence-corrected chi connectivity index (χ2v) is 2.43. The molecule has 0 aromatic carbocycles. The van der Waals surface area contributed by atoms with Gasteiger partial charge in [-0.1, -0.05) is 0 Å². The van der Waals surface area contributed by atoms with Gasteiger partial charge in [0.2, 0.25) is 0 Å². The molecular weight excluding hydrogens is 142 g/mol. The van der Waals surface area contributed by atoms with Crippen LogP contribution >= 0.6 is 0 Å². The third-order valence-electron chi connectivity index (χ3n) is 1.60. The van der Waals surface area contributed by atoms with Gasteiger partial charge in [-0.05, 0) is 13.8 Å². The van der Waals surface area contributed by atoms with Crippen LogP contribution in [0.3, 0.4) is 0 Å². The number of hydrogen-bond donors (Lipinski definition) is 2. The third kappa shape index (κ3) is 1.46. The maximum absolute atomic E-state index is 11.0. The van der Waals surface area contributed by atoms with Gasteiger partial charge in [0, 0.05) is 12.2 Å². The van der Waals surface area contributed by atoms with Crippen LogP contribution < -0.4 is 11.3 Å². The number of nitrogens with one attached hydrogen (secondary N) is 1. The molecule has 0 atom stereocenters. The van der Waals surface area contributed by atoms with E-state index in [2.05, 4.69) is 9.97 Å². The molecule has 0 unspecified atom stereocenters. The number of aromatic amines is 1. The zero-order valence-corrected chi connectivity index (χ0v) is 6.64. The Hall–Kier alpha value is -1.16. The summed E-state index contributed by atoms with van der Waals surface area (Å²) in [5, 5.41) is 0. The fraction of sp³-hybridized carbons (Fsp3) is 0.429. The highest BCUT2D eigenvalue weighted by atomic mass is 16.1. The predicted molar refractivity (Wildman–Crippen MR) is 42.2 cm³/mol. The fourth-order valence-corrected chi connectivity index (χ4v) is 0.808. The topological polar surface area (TPSA) is 71.8 Å². The second-order valence-electron chi connectivity index (χ2n) is 2.43. The van der Waals surface area contributed by atoms with Crippen molar-refractivity contribution in [3.8, 4) is 0 Å². The number of rotatable bonds is 1. The molecule has 60 valence electrons. The van der Waals surface area contributed by atoms with Crippen LogP contribution in [0.15, 0.2) is 4.79 Å². The molecule has 3 N–H and O–H groups in total. The summed E-state index contributed by atoms with van der Waals surface area (Å²) in [6, 6.07) is 0. The lowest BCUT2D eigenvalue weighted by atomic mass is 10.3. The zero-order valence-electron chi connectivity index (χ0n) is 6.64. The summed E-state index contributed by atoms with van der Waals surface area (Å²) in [6.45, 7) is 3.84. The summed E-state index contributed by atoms with van der Waals surface area (Å²) >= 11 is 0. The largest absolute Gasteiger partial charge is 0.325 e. The molecule has 1 aromatic rings. The molecule has 0 aliphatic carbocycles. The minimum Gasteiger partial charge on any atom is -0.325 e. The Balaban J connectivity index is 3.32. The highest BCUT2D eigenvalue weighted by molar-refractivity contribution is 5.10. The Labute approximate surface area is 64.5 Å². The highest BCUT2D eigenvalue weighted by Crippen LogP contribution is 1.95. The first kappa shape index (κ1) is 7.94. The average molecular weight is 153 g/mol. The van der Waals surface area contributed by atoms with E-state index in [1.165, 1.54) is 0 Å². The normalized spacial score (nSPS) is 10.1. The van der Waals surface area contributed by atoms with Gasteiger partial charge >= 0.3 is 0 Å². The number of hydrogen-bond acceptors (Lipinski definition) is 3. The molecule has 0 aliphatic heterocycles. The molecule has 1 heterocycles. The SMILES string of the molecule is Cc1nc(CN)c(=O)[nH]c1C. The van der Waals surface area contributed by atoms with Crippen LogP contribution in [0.25, 0.3) is 0 Å². The summed E-state index contributed by atoms with van der Waals surface area (Å²) in [5.74, 6) is 0. The summed E-state index contributed by atoms with van der Waals surface area (Å²) in [4.78, 5) is 17.7. The van der Waals surface area contributed by atoms with Crippen LogP contribution in [-0.2, 0) is 6.54 Å². The average Bonchev–Trinajstić information content (AvgIpc) is 1.97. The highest BCUT2D eigenvalue weighted by Gasteiger charge is 2.00. The number of nitrogens with zero attached hydrogens (tertiary/aromatic N) is 1. The molecule has 11 heavy (non-hydrogen) atoms. The first-order chi connectivity index (χ1) is 5.15. The van der Waals surface area contributed by atoms with Gasteiger partial charge < -0.3 is 10.7 Å². The molecule has 1 aromatic heterocycles. The van der Waals surface area contributed by atoms with E-state index in [1.54, 1.807) is 0 Å². The molecule has 0 saturated heterocycles. The molecule has 0 aliphatic rings. The van der Waals surface area contributed by atoms with E-state index < -0.39 is 0 Å². The predicted octanol–water partition coefficient (Wildman–Crippen LogP) is -0.155. The number of aryl methyl sites for hydroxylation is 2. The van der Waals surface area contributed by atoms with Crippen molar-refractivity contribution in [3.05, 3.63) is 27.4 Å². The van der Waals surface area contributed by atoms with Crippen molar-refractivity contribution in [1.82, 2.24) is 9.97 Å². The standard InChI is InChI=1S/C7H11N3O/c1-4-5(2)10-7(11)6(3-8)9-4/h3,8H2,1-2H3,(H,10,11). The lowest BCUT2D eigenvalue weighted by Gasteiger charge is -2.00. The fourth-order valence-electron chi connectivity index (χ4n) is 0.808. The number of aromatic nitrogens is 2. The Bertz CT molecular complexity index is 316. The van der Waals surface area contributed by atoms with Crippen molar-refractivity contribution in [2.24, 2.45) is 5.73 Å². The van der Waals surface area contributed by atoms with Crippen LogP contribution in [0, 0.1) is 13.8 Å². The van der Waals surface area contributed by atoms with E-state index >= 15 is 0 Å². The lowest BCUT2D eigenvalue weighted by Crippen LogP contribution is -2.20. The van der Waals surface area contributed by atoms with Crippen molar-refractivity contribution in [2.75, 3.05) is 0 Å². The summed E-state index contributed by atoms with van der Waals surface area (Å²) < 4.78 is 0. The van der Waals surface area contributed by atoms with E-state index in [1.807, 2.05) is 13.8 Å². The van der Waals surface area contributed by atoms with Crippen molar-refractivity contribution in [1.29, 1.82) is 0 Å². The van der Waals surface area contributed by atoms with Crippen LogP contribution in [0.1, 0.15) is 17.1 Å². The Morgan fingerprint density at radius 1 is 1.55 bits per heavy atom. The maximum atomic E-state index is 11.0. The van der Waals surface area contributed by atoms with Crippen LogP contribution in [0.4, 0.5) is 0 Å². The minimum atomic E-state index is -0.185. The third-order valence-corrected chi connectivity index (χ3v) is 1.60. The van der Waals surface area contributed by atoms with Gasteiger partial charge in [0.25, 0.3) is 5.56 Å². The molecule has 0 amide bonds. The van der Waals surface area contributed by atoms with E-state index in [-0.39, 0.29) is 12.1 Å². The molecule has 0 saturated carbocycles. The first-order valence-electron chi connectivity index (χ1n) is 3.41. The van der Waals surface area contributed by atoms with E-state index in [9.17, 15) is 4.79 Å². The molecular formula is C7H11N3O. The Morgan fingerprint density at radius 3 is 2.73 bits per heavy atom. The van der Waals surface area contributed by atoms with E-state index in [0.717, 1.165) is 11.4 Å². The monoisotopic (exact) mass is 153 g/mol. The molecule has 0 spiro atoms.